The summed E-state index contributed by atoms with van der Waals surface area (Å²) in [5, 5.41) is 4.53. The highest BCUT2D eigenvalue weighted by molar-refractivity contribution is 6.13. The summed E-state index contributed by atoms with van der Waals surface area (Å²) in [6.07, 6.45) is 0. The lowest BCUT2D eigenvalue weighted by molar-refractivity contribution is 0.603. The number of hydrogen-bond acceptors (Lipinski definition) is 3. The van der Waals surface area contributed by atoms with Gasteiger partial charge in [0, 0.05) is 16.3 Å². The first-order valence-corrected chi connectivity index (χ1v) is 16.9. The quantitative estimate of drug-likeness (QED) is 0.188. The summed E-state index contributed by atoms with van der Waals surface area (Å²) in [6, 6.07) is 62.0. The Morgan fingerprint density at radius 2 is 0.860 bits per heavy atom. The molecule has 234 valence electrons. The molecular formula is C47H29NO2. The zero-order valence-electron chi connectivity index (χ0n) is 27.0. The Morgan fingerprint density at radius 3 is 1.52 bits per heavy atom. The summed E-state index contributed by atoms with van der Waals surface area (Å²) in [4.78, 5) is 4.83. The second kappa shape index (κ2) is 11.5. The van der Waals surface area contributed by atoms with E-state index in [0.29, 0.717) is 11.5 Å². The van der Waals surface area contributed by atoms with E-state index in [1.165, 1.54) is 49.7 Å². The van der Waals surface area contributed by atoms with Gasteiger partial charge < -0.3 is 8.83 Å². The second-order valence-corrected chi connectivity index (χ2v) is 12.7. The molecule has 0 bridgehead atoms. The highest BCUT2D eigenvalue weighted by atomic mass is 16.4. The Bertz CT molecular complexity index is 2790. The first kappa shape index (κ1) is 28.3. The Hall–Kier alpha value is -6.71. The van der Waals surface area contributed by atoms with Gasteiger partial charge in [-0.05, 0) is 104 Å². The number of aromatic nitrogens is 1. The highest BCUT2D eigenvalue weighted by Crippen LogP contribution is 2.40. The average molecular weight is 640 g/mol. The largest absolute Gasteiger partial charge is 0.452 e. The van der Waals surface area contributed by atoms with Crippen LogP contribution in [0.15, 0.2) is 185 Å². The lowest BCUT2D eigenvalue weighted by Gasteiger charge is -2.15. The maximum Gasteiger partial charge on any atom is 0.227 e. The molecule has 0 spiro atoms. The molecule has 0 saturated carbocycles. The van der Waals surface area contributed by atoms with Crippen molar-refractivity contribution in [3.63, 3.8) is 0 Å². The van der Waals surface area contributed by atoms with E-state index in [9.17, 15) is 0 Å². The van der Waals surface area contributed by atoms with Crippen LogP contribution in [0.4, 0.5) is 0 Å². The Labute approximate surface area is 288 Å². The fraction of sp³-hybridized carbons (Fsp3) is 0. The fourth-order valence-electron chi connectivity index (χ4n) is 7.27. The summed E-state index contributed by atoms with van der Waals surface area (Å²) >= 11 is 0. The third-order valence-corrected chi connectivity index (χ3v) is 9.73. The molecule has 0 radical (unpaired) electrons. The van der Waals surface area contributed by atoms with Crippen molar-refractivity contribution in [1.82, 2.24) is 4.98 Å². The van der Waals surface area contributed by atoms with E-state index in [2.05, 4.69) is 152 Å². The van der Waals surface area contributed by atoms with Crippen molar-refractivity contribution in [2.24, 2.45) is 0 Å². The van der Waals surface area contributed by atoms with Gasteiger partial charge in [0.05, 0.1) is 0 Å². The van der Waals surface area contributed by atoms with Gasteiger partial charge in [0.1, 0.15) is 11.1 Å². The van der Waals surface area contributed by atoms with Crippen molar-refractivity contribution in [1.29, 1.82) is 0 Å². The van der Waals surface area contributed by atoms with Gasteiger partial charge in [0.2, 0.25) is 5.89 Å². The molecule has 0 amide bonds. The molecule has 0 N–H and O–H groups in total. The predicted octanol–water partition coefficient (Wildman–Crippen LogP) is 13.2. The van der Waals surface area contributed by atoms with Crippen LogP contribution >= 0.6 is 0 Å². The maximum absolute atomic E-state index is 6.36. The van der Waals surface area contributed by atoms with Crippen molar-refractivity contribution in [3.05, 3.63) is 176 Å². The number of furan rings is 1. The van der Waals surface area contributed by atoms with E-state index in [0.717, 1.165) is 38.6 Å². The standard InChI is InChI=1S/C47H29NO2/c1-3-11-30(12-4-1)34-27-35(31-13-5-2-6-14-31)29-36(28-34)38-24-23-37(39-15-7-8-16-40(38)39)32-19-21-33(22-20-32)47-48-43-26-25-42-41-17-9-10-18-44(41)49-45(42)46(43)50-47/h1-29H. The van der Waals surface area contributed by atoms with Gasteiger partial charge in [-0.15, -0.1) is 0 Å². The van der Waals surface area contributed by atoms with E-state index in [4.69, 9.17) is 13.8 Å². The molecule has 8 aromatic carbocycles. The summed E-state index contributed by atoms with van der Waals surface area (Å²) in [5.74, 6) is 0.576. The normalized spacial score (nSPS) is 11.6. The Kier molecular flexibility index (Phi) is 6.49. The molecule has 0 fully saturated rings. The van der Waals surface area contributed by atoms with Crippen LogP contribution in [0.5, 0.6) is 0 Å². The van der Waals surface area contributed by atoms with Crippen LogP contribution in [0.1, 0.15) is 0 Å². The lowest BCUT2D eigenvalue weighted by Crippen LogP contribution is -1.89. The van der Waals surface area contributed by atoms with E-state index in [-0.39, 0.29) is 0 Å². The molecule has 50 heavy (non-hydrogen) atoms. The molecule has 0 aliphatic heterocycles. The monoisotopic (exact) mass is 639 g/mol. The molecule has 3 nitrogen and oxygen atoms in total. The zero-order chi connectivity index (χ0) is 33.0. The van der Waals surface area contributed by atoms with Crippen LogP contribution in [-0.2, 0) is 0 Å². The fourth-order valence-corrected chi connectivity index (χ4v) is 7.27. The summed E-state index contributed by atoms with van der Waals surface area (Å²) in [7, 11) is 0. The van der Waals surface area contributed by atoms with Crippen LogP contribution in [-0.4, -0.2) is 4.98 Å². The smallest absolute Gasteiger partial charge is 0.227 e. The first-order chi connectivity index (χ1) is 24.8. The molecule has 3 heteroatoms. The molecule has 2 heterocycles. The van der Waals surface area contributed by atoms with Crippen LogP contribution in [0, 0.1) is 0 Å². The number of hydrogen-bond donors (Lipinski definition) is 0. The minimum absolute atomic E-state index is 0.576. The van der Waals surface area contributed by atoms with Gasteiger partial charge in [-0.3, -0.25) is 0 Å². The van der Waals surface area contributed by atoms with Crippen molar-refractivity contribution in [2.45, 2.75) is 0 Å². The third kappa shape index (κ3) is 4.71. The third-order valence-electron chi connectivity index (χ3n) is 9.73. The molecule has 10 rings (SSSR count). The van der Waals surface area contributed by atoms with Crippen molar-refractivity contribution >= 4 is 43.8 Å². The van der Waals surface area contributed by atoms with Crippen molar-refractivity contribution in [2.75, 3.05) is 0 Å². The average Bonchev–Trinajstić information content (AvgIpc) is 3.80. The number of fused-ring (bicyclic) bond motifs is 6. The van der Waals surface area contributed by atoms with Crippen LogP contribution in [0.25, 0.3) is 99.8 Å². The minimum Gasteiger partial charge on any atom is -0.452 e. The van der Waals surface area contributed by atoms with E-state index < -0.39 is 0 Å². The van der Waals surface area contributed by atoms with Crippen LogP contribution < -0.4 is 0 Å². The predicted molar refractivity (Wildman–Crippen MR) is 206 cm³/mol. The van der Waals surface area contributed by atoms with Crippen LogP contribution in [0.3, 0.4) is 0 Å². The van der Waals surface area contributed by atoms with Crippen molar-refractivity contribution < 1.29 is 8.83 Å². The number of benzene rings is 8. The topological polar surface area (TPSA) is 39.2 Å². The highest BCUT2D eigenvalue weighted by Gasteiger charge is 2.17. The molecule has 0 aliphatic rings. The van der Waals surface area contributed by atoms with E-state index >= 15 is 0 Å². The minimum atomic E-state index is 0.576. The van der Waals surface area contributed by atoms with Gasteiger partial charge in [-0.1, -0.05) is 127 Å². The van der Waals surface area contributed by atoms with Gasteiger partial charge in [0.15, 0.2) is 11.2 Å². The lowest BCUT2D eigenvalue weighted by atomic mass is 9.89. The molecule has 0 atom stereocenters. The van der Waals surface area contributed by atoms with E-state index in [1.54, 1.807) is 0 Å². The summed E-state index contributed by atoms with van der Waals surface area (Å²) in [6.45, 7) is 0. The van der Waals surface area contributed by atoms with Gasteiger partial charge >= 0.3 is 0 Å². The Morgan fingerprint density at radius 1 is 0.320 bits per heavy atom. The summed E-state index contributed by atoms with van der Waals surface area (Å²) < 4.78 is 12.6. The molecule has 0 aliphatic carbocycles. The van der Waals surface area contributed by atoms with Gasteiger partial charge in [0.25, 0.3) is 0 Å². The second-order valence-electron chi connectivity index (χ2n) is 12.7. The van der Waals surface area contributed by atoms with Crippen LogP contribution in [0.2, 0.25) is 0 Å². The maximum atomic E-state index is 6.36. The van der Waals surface area contributed by atoms with Gasteiger partial charge in [-0.25, -0.2) is 4.98 Å². The molecule has 10 aromatic rings. The number of nitrogens with zero attached hydrogens (tertiary/aromatic N) is 1. The zero-order valence-corrected chi connectivity index (χ0v) is 27.0. The van der Waals surface area contributed by atoms with Gasteiger partial charge in [-0.2, -0.15) is 0 Å². The molecule has 0 unspecified atom stereocenters. The number of para-hydroxylation sites is 1. The first-order valence-electron chi connectivity index (χ1n) is 16.9. The molecule has 2 aromatic heterocycles. The molecule has 0 saturated heterocycles. The Balaban J connectivity index is 1.05. The van der Waals surface area contributed by atoms with Crippen molar-refractivity contribution in [3.8, 4) is 56.0 Å². The van der Waals surface area contributed by atoms with E-state index in [1.807, 2.05) is 24.3 Å². The summed E-state index contributed by atoms with van der Waals surface area (Å²) in [5.41, 5.74) is 13.5. The number of rotatable bonds is 5. The number of oxazole rings is 1. The SMILES string of the molecule is c1ccc(-c2cc(-c3ccccc3)cc(-c3ccc(-c4ccc(-c5nc6ccc7c8ccccc8oc7c6o5)cc4)c4ccccc34)c2)cc1. The molecular weight excluding hydrogens is 611 g/mol.